The van der Waals surface area contributed by atoms with Crippen LogP contribution in [0.2, 0.25) is 0 Å². The molecule has 1 fully saturated rings. The van der Waals surface area contributed by atoms with Crippen molar-refractivity contribution in [2.24, 2.45) is 0 Å². The van der Waals surface area contributed by atoms with Crippen LogP contribution >= 0.6 is 0 Å². The van der Waals surface area contributed by atoms with E-state index in [0.717, 1.165) is 0 Å². The summed E-state index contributed by atoms with van der Waals surface area (Å²) in [4.78, 5) is 10.8. The van der Waals surface area contributed by atoms with E-state index in [2.05, 4.69) is 5.32 Å². The van der Waals surface area contributed by atoms with Crippen LogP contribution in [0.1, 0.15) is 19.8 Å². The highest BCUT2D eigenvalue weighted by atomic mass is 16.6. The number of para-hydroxylation sites is 1. The Morgan fingerprint density at radius 2 is 2.19 bits per heavy atom. The summed E-state index contributed by atoms with van der Waals surface area (Å²) in [5.74, 6) is 0.228. The topological polar surface area (TPSA) is 93.9 Å². The van der Waals surface area contributed by atoms with Crippen molar-refractivity contribution in [3.05, 3.63) is 28.3 Å². The molecule has 0 aromatic heterocycles. The van der Waals surface area contributed by atoms with E-state index in [4.69, 9.17) is 9.47 Å². The molecule has 21 heavy (non-hydrogen) atoms. The summed E-state index contributed by atoms with van der Waals surface area (Å²) in [6.45, 7) is 3.37. The fourth-order valence-corrected chi connectivity index (χ4v) is 2.31. The maximum absolute atomic E-state index is 11.3. The third-order valence-electron chi connectivity index (χ3n) is 3.51. The summed E-state index contributed by atoms with van der Waals surface area (Å²) in [5.41, 5.74) is -0.644. The zero-order chi connectivity index (χ0) is 15.3. The maximum Gasteiger partial charge on any atom is 0.333 e. The van der Waals surface area contributed by atoms with E-state index >= 15 is 0 Å². The Balaban J connectivity index is 2.15. The quantitative estimate of drug-likeness (QED) is 0.615. The van der Waals surface area contributed by atoms with Gasteiger partial charge in [0, 0.05) is 32.6 Å². The summed E-state index contributed by atoms with van der Waals surface area (Å²) in [6.07, 6.45) is 1.03. The van der Waals surface area contributed by atoms with E-state index in [-0.39, 0.29) is 18.0 Å². The van der Waals surface area contributed by atoms with Crippen LogP contribution in [0.5, 0.6) is 5.75 Å². The Labute approximate surface area is 123 Å². The fourth-order valence-electron chi connectivity index (χ4n) is 2.31. The number of nitrogens with zero attached hydrogens (tertiary/aromatic N) is 1. The maximum atomic E-state index is 11.3. The molecule has 1 saturated heterocycles. The molecule has 0 saturated carbocycles. The molecule has 1 aromatic carbocycles. The lowest BCUT2D eigenvalue weighted by molar-refractivity contribution is -0.384. The first kappa shape index (κ1) is 15.5. The number of anilines is 1. The number of aliphatic hydroxyl groups is 1. The van der Waals surface area contributed by atoms with Gasteiger partial charge in [-0.25, -0.2) is 0 Å². The molecule has 0 amide bonds. The van der Waals surface area contributed by atoms with Gasteiger partial charge in [-0.1, -0.05) is 6.07 Å². The lowest BCUT2D eigenvalue weighted by Gasteiger charge is -2.32. The van der Waals surface area contributed by atoms with Gasteiger partial charge in [-0.15, -0.1) is 0 Å². The number of rotatable bonds is 6. The second-order valence-corrected chi connectivity index (χ2v) is 5.03. The van der Waals surface area contributed by atoms with Crippen molar-refractivity contribution in [3.63, 3.8) is 0 Å². The van der Waals surface area contributed by atoms with Crippen molar-refractivity contribution in [3.8, 4) is 5.75 Å². The van der Waals surface area contributed by atoms with Gasteiger partial charge in [0.2, 0.25) is 0 Å². The highest BCUT2D eigenvalue weighted by molar-refractivity contribution is 5.68. The highest BCUT2D eigenvalue weighted by Gasteiger charge is 2.31. The van der Waals surface area contributed by atoms with Gasteiger partial charge in [-0.3, -0.25) is 10.1 Å². The van der Waals surface area contributed by atoms with Gasteiger partial charge in [-0.2, -0.15) is 0 Å². The molecule has 0 unspecified atom stereocenters. The molecule has 7 heteroatoms. The fraction of sp³-hybridized carbons (Fsp3) is 0.571. The molecule has 0 aliphatic carbocycles. The largest absolute Gasteiger partial charge is 0.487 e. The van der Waals surface area contributed by atoms with Crippen LogP contribution in [0.4, 0.5) is 11.4 Å². The van der Waals surface area contributed by atoms with Gasteiger partial charge in [0.1, 0.15) is 5.69 Å². The summed E-state index contributed by atoms with van der Waals surface area (Å²) >= 11 is 0. The van der Waals surface area contributed by atoms with Gasteiger partial charge in [-0.05, 0) is 19.1 Å². The number of benzene rings is 1. The third kappa shape index (κ3) is 3.83. The lowest BCUT2D eigenvalue weighted by Crippen LogP contribution is -2.42. The molecule has 7 nitrogen and oxygen atoms in total. The van der Waals surface area contributed by atoms with Crippen LogP contribution < -0.4 is 10.1 Å². The van der Waals surface area contributed by atoms with Crippen LogP contribution in [0, 0.1) is 10.1 Å². The van der Waals surface area contributed by atoms with Gasteiger partial charge >= 0.3 is 5.69 Å². The predicted molar refractivity (Wildman–Crippen MR) is 77.8 cm³/mol. The molecule has 116 valence electrons. The molecule has 0 radical (unpaired) electrons. The van der Waals surface area contributed by atoms with Crippen LogP contribution in [0.25, 0.3) is 0 Å². The van der Waals surface area contributed by atoms with E-state index in [0.29, 0.717) is 38.3 Å². The van der Waals surface area contributed by atoms with E-state index in [9.17, 15) is 15.2 Å². The van der Waals surface area contributed by atoms with Crippen molar-refractivity contribution in [2.45, 2.75) is 25.4 Å². The molecule has 1 aliphatic rings. The molecule has 1 aliphatic heterocycles. The van der Waals surface area contributed by atoms with E-state index < -0.39 is 10.5 Å². The van der Waals surface area contributed by atoms with Crippen LogP contribution in [-0.2, 0) is 4.74 Å². The molecule has 2 N–H and O–H groups in total. The normalized spacial score (nSPS) is 17.2. The SMILES string of the molecule is CCOc1cccc(NCC2(O)CCOCC2)c1[N+](=O)[O-]. The first-order chi connectivity index (χ1) is 10.1. The van der Waals surface area contributed by atoms with Gasteiger partial charge in [0.25, 0.3) is 0 Å². The molecular formula is C14H20N2O5. The molecule has 0 atom stereocenters. The summed E-state index contributed by atoms with van der Waals surface area (Å²) in [5, 5.41) is 24.6. The lowest BCUT2D eigenvalue weighted by atomic mass is 9.94. The van der Waals surface area contributed by atoms with Gasteiger partial charge < -0.3 is 19.9 Å². The summed E-state index contributed by atoms with van der Waals surface area (Å²) in [7, 11) is 0. The van der Waals surface area contributed by atoms with E-state index in [1.807, 2.05) is 0 Å². The van der Waals surface area contributed by atoms with Crippen molar-refractivity contribution >= 4 is 11.4 Å². The minimum atomic E-state index is -0.895. The Kier molecular flexibility index (Phi) is 4.98. The third-order valence-corrected chi connectivity index (χ3v) is 3.51. The first-order valence-corrected chi connectivity index (χ1v) is 7.00. The molecular weight excluding hydrogens is 276 g/mol. The van der Waals surface area contributed by atoms with Crippen molar-refractivity contribution in [1.29, 1.82) is 0 Å². The molecule has 0 bridgehead atoms. The monoisotopic (exact) mass is 296 g/mol. The second kappa shape index (κ2) is 6.73. The van der Waals surface area contributed by atoms with E-state index in [1.165, 1.54) is 0 Å². The molecule has 2 rings (SSSR count). The minimum absolute atomic E-state index is 0.102. The van der Waals surface area contributed by atoms with Gasteiger partial charge in [0.15, 0.2) is 5.75 Å². The highest BCUT2D eigenvalue weighted by Crippen LogP contribution is 2.35. The van der Waals surface area contributed by atoms with Crippen molar-refractivity contribution in [2.75, 3.05) is 31.7 Å². The minimum Gasteiger partial charge on any atom is -0.487 e. The standard InChI is InChI=1S/C14H20N2O5/c1-2-21-12-5-3-4-11(13(12)16(18)19)15-10-14(17)6-8-20-9-7-14/h3-5,15,17H,2,6-10H2,1H3. The zero-order valence-corrected chi connectivity index (χ0v) is 12.0. The zero-order valence-electron chi connectivity index (χ0n) is 12.0. The van der Waals surface area contributed by atoms with Crippen molar-refractivity contribution < 1.29 is 19.5 Å². The van der Waals surface area contributed by atoms with Gasteiger partial charge in [0.05, 0.1) is 17.1 Å². The Morgan fingerprint density at radius 3 is 2.81 bits per heavy atom. The average molecular weight is 296 g/mol. The smallest absolute Gasteiger partial charge is 0.333 e. The summed E-state index contributed by atoms with van der Waals surface area (Å²) in [6, 6.07) is 4.87. The van der Waals surface area contributed by atoms with E-state index in [1.54, 1.807) is 25.1 Å². The Bertz CT molecular complexity index is 500. The predicted octanol–water partition coefficient (Wildman–Crippen LogP) is 1.95. The number of hydrogen-bond donors (Lipinski definition) is 2. The van der Waals surface area contributed by atoms with Crippen LogP contribution in [-0.4, -0.2) is 42.0 Å². The van der Waals surface area contributed by atoms with Crippen molar-refractivity contribution in [1.82, 2.24) is 0 Å². The molecule has 1 heterocycles. The number of hydrogen-bond acceptors (Lipinski definition) is 6. The number of ether oxygens (including phenoxy) is 2. The molecule has 0 spiro atoms. The summed E-state index contributed by atoms with van der Waals surface area (Å²) < 4.78 is 10.5. The first-order valence-electron chi connectivity index (χ1n) is 7.00. The number of nitrogens with one attached hydrogen (secondary N) is 1. The number of nitro groups is 1. The second-order valence-electron chi connectivity index (χ2n) is 5.03. The molecule has 1 aromatic rings. The van der Waals surface area contributed by atoms with Crippen LogP contribution in [0.3, 0.4) is 0 Å². The number of nitro benzene ring substituents is 1. The average Bonchev–Trinajstić information content (AvgIpc) is 2.46. The van der Waals surface area contributed by atoms with Crippen LogP contribution in [0.15, 0.2) is 18.2 Å². The Hall–Kier alpha value is -1.86. The Morgan fingerprint density at radius 1 is 1.48 bits per heavy atom.